The molecule has 0 bridgehead atoms. The minimum atomic E-state index is -1.16. The number of esters is 1. The van der Waals surface area contributed by atoms with Gasteiger partial charge < -0.3 is 25.4 Å². The standard InChI is InChI=1S/C36H45N3O6/c1-24(2)21-30(34(42)44-23-26-16-9-7-10-17-26)37-33(41)31(27-18-11-8-12-19-27)39-32(40)29(38-35(43)45-36(4,5)6)22-28-20-14-13-15-25(28)3/h7-20,24,29-31H,21-23H2,1-6H3,(H,37,41)(H,38,43)(H,39,40)/t29-,30-,31-/m0/s1. The van der Waals surface area contributed by atoms with Gasteiger partial charge in [0, 0.05) is 6.42 Å². The van der Waals surface area contributed by atoms with Crippen molar-refractivity contribution in [3.8, 4) is 0 Å². The van der Waals surface area contributed by atoms with Crippen LogP contribution in [0.15, 0.2) is 84.9 Å². The third-order valence-electron chi connectivity index (χ3n) is 6.91. The molecule has 0 radical (unpaired) electrons. The second-order valence-corrected chi connectivity index (χ2v) is 12.5. The van der Waals surface area contributed by atoms with Gasteiger partial charge in [0.05, 0.1) is 0 Å². The minimum Gasteiger partial charge on any atom is -0.459 e. The van der Waals surface area contributed by atoms with Gasteiger partial charge in [-0.15, -0.1) is 0 Å². The molecule has 240 valence electrons. The number of aryl methyl sites for hydroxylation is 1. The number of ether oxygens (including phenoxy) is 2. The zero-order valence-electron chi connectivity index (χ0n) is 27.0. The summed E-state index contributed by atoms with van der Waals surface area (Å²) in [5.74, 6) is -1.66. The zero-order chi connectivity index (χ0) is 33.0. The molecule has 9 nitrogen and oxygen atoms in total. The van der Waals surface area contributed by atoms with E-state index in [-0.39, 0.29) is 18.9 Å². The maximum Gasteiger partial charge on any atom is 0.408 e. The molecule has 3 amide bonds. The minimum absolute atomic E-state index is 0.0694. The average Bonchev–Trinajstić information content (AvgIpc) is 2.98. The Morgan fingerprint density at radius 2 is 1.33 bits per heavy atom. The Hall–Kier alpha value is -4.66. The van der Waals surface area contributed by atoms with Crippen molar-refractivity contribution in [1.29, 1.82) is 0 Å². The third-order valence-corrected chi connectivity index (χ3v) is 6.91. The Bertz CT molecular complexity index is 1420. The van der Waals surface area contributed by atoms with Crippen molar-refractivity contribution in [3.63, 3.8) is 0 Å². The summed E-state index contributed by atoms with van der Waals surface area (Å²) in [7, 11) is 0. The Balaban J connectivity index is 1.85. The second-order valence-electron chi connectivity index (χ2n) is 12.5. The van der Waals surface area contributed by atoms with Crippen molar-refractivity contribution in [2.75, 3.05) is 0 Å². The predicted octanol–water partition coefficient (Wildman–Crippen LogP) is 5.56. The molecule has 0 unspecified atom stereocenters. The first-order chi connectivity index (χ1) is 21.3. The number of alkyl carbamates (subject to hydrolysis) is 1. The normalized spacial score (nSPS) is 13.2. The quantitative estimate of drug-likeness (QED) is 0.216. The summed E-state index contributed by atoms with van der Waals surface area (Å²) in [5, 5.41) is 8.32. The summed E-state index contributed by atoms with van der Waals surface area (Å²) in [6, 6.07) is 22.4. The molecule has 0 heterocycles. The van der Waals surface area contributed by atoms with Crippen LogP contribution < -0.4 is 16.0 Å². The van der Waals surface area contributed by atoms with Gasteiger partial charge in [0.15, 0.2) is 0 Å². The monoisotopic (exact) mass is 615 g/mol. The van der Waals surface area contributed by atoms with Gasteiger partial charge in [-0.2, -0.15) is 0 Å². The fraction of sp³-hybridized carbons (Fsp3) is 0.389. The molecule has 0 aliphatic heterocycles. The van der Waals surface area contributed by atoms with E-state index in [1.54, 1.807) is 51.1 Å². The highest BCUT2D eigenvalue weighted by Gasteiger charge is 2.32. The molecular formula is C36H45N3O6. The number of rotatable bonds is 13. The summed E-state index contributed by atoms with van der Waals surface area (Å²) in [5.41, 5.74) is 2.36. The molecular weight excluding hydrogens is 570 g/mol. The zero-order valence-corrected chi connectivity index (χ0v) is 27.0. The molecule has 3 rings (SSSR count). The molecule has 0 spiro atoms. The van der Waals surface area contributed by atoms with E-state index in [4.69, 9.17) is 9.47 Å². The van der Waals surface area contributed by atoms with Crippen LogP contribution in [0.4, 0.5) is 4.79 Å². The highest BCUT2D eigenvalue weighted by Crippen LogP contribution is 2.18. The summed E-state index contributed by atoms with van der Waals surface area (Å²) >= 11 is 0. The van der Waals surface area contributed by atoms with Gasteiger partial charge in [0.25, 0.3) is 0 Å². The summed E-state index contributed by atoms with van der Waals surface area (Å²) in [4.78, 5) is 53.6. The molecule has 3 aromatic carbocycles. The van der Waals surface area contributed by atoms with Crippen molar-refractivity contribution in [2.45, 2.75) is 84.7 Å². The lowest BCUT2D eigenvalue weighted by molar-refractivity contribution is -0.150. The second kappa shape index (κ2) is 16.4. The molecule has 3 atom stereocenters. The first-order valence-corrected chi connectivity index (χ1v) is 15.2. The smallest absolute Gasteiger partial charge is 0.408 e. The van der Waals surface area contributed by atoms with Crippen LogP contribution >= 0.6 is 0 Å². The fourth-order valence-electron chi connectivity index (χ4n) is 4.68. The van der Waals surface area contributed by atoms with Crippen molar-refractivity contribution in [2.24, 2.45) is 5.92 Å². The van der Waals surface area contributed by atoms with Crippen molar-refractivity contribution >= 4 is 23.9 Å². The SMILES string of the molecule is Cc1ccccc1C[C@H](NC(=O)OC(C)(C)C)C(=O)N[C@H](C(=O)N[C@@H](CC(C)C)C(=O)OCc1ccccc1)c1ccccc1. The maximum atomic E-state index is 13.9. The van der Waals surface area contributed by atoms with E-state index in [2.05, 4.69) is 16.0 Å². The van der Waals surface area contributed by atoms with Crippen LogP contribution in [0, 0.1) is 12.8 Å². The van der Waals surface area contributed by atoms with Gasteiger partial charge >= 0.3 is 12.1 Å². The van der Waals surface area contributed by atoms with Crippen molar-refractivity contribution in [3.05, 3.63) is 107 Å². The van der Waals surface area contributed by atoms with Crippen LogP contribution in [0.25, 0.3) is 0 Å². The van der Waals surface area contributed by atoms with E-state index < -0.39 is 47.6 Å². The first-order valence-electron chi connectivity index (χ1n) is 15.2. The molecule has 0 aliphatic carbocycles. The largest absolute Gasteiger partial charge is 0.459 e. The summed E-state index contributed by atoms with van der Waals surface area (Å²) in [6.07, 6.45) is -0.247. The molecule has 3 aromatic rings. The topological polar surface area (TPSA) is 123 Å². The Labute approximate surface area is 266 Å². The summed E-state index contributed by atoms with van der Waals surface area (Å²) in [6.45, 7) is 11.1. The van der Waals surface area contributed by atoms with Crippen molar-refractivity contribution < 1.29 is 28.7 Å². The highest BCUT2D eigenvalue weighted by atomic mass is 16.6. The molecule has 0 saturated heterocycles. The highest BCUT2D eigenvalue weighted by molar-refractivity contribution is 5.94. The van der Waals surface area contributed by atoms with Crippen molar-refractivity contribution in [1.82, 2.24) is 16.0 Å². The lowest BCUT2D eigenvalue weighted by Gasteiger charge is -2.27. The van der Waals surface area contributed by atoms with Gasteiger partial charge in [-0.3, -0.25) is 9.59 Å². The average molecular weight is 616 g/mol. The molecule has 0 aliphatic rings. The number of hydrogen-bond acceptors (Lipinski definition) is 6. The third kappa shape index (κ3) is 11.7. The number of hydrogen-bond donors (Lipinski definition) is 3. The van der Waals surface area contributed by atoms with Crippen LogP contribution in [0.1, 0.15) is 69.3 Å². The van der Waals surface area contributed by atoms with Crippen LogP contribution in [-0.2, 0) is 36.9 Å². The maximum absolute atomic E-state index is 13.9. The van der Waals surface area contributed by atoms with Gasteiger partial charge in [0.2, 0.25) is 11.8 Å². The Morgan fingerprint density at radius 3 is 1.93 bits per heavy atom. The number of carbonyl (C=O) groups is 4. The number of benzene rings is 3. The molecule has 9 heteroatoms. The van der Waals surface area contributed by atoms with Gasteiger partial charge in [-0.25, -0.2) is 9.59 Å². The molecule has 0 saturated carbocycles. The molecule has 0 aromatic heterocycles. The lowest BCUT2D eigenvalue weighted by Crippen LogP contribution is -2.53. The molecule has 3 N–H and O–H groups in total. The van der Waals surface area contributed by atoms with Gasteiger partial charge in [-0.1, -0.05) is 98.8 Å². The number of amides is 3. The van der Waals surface area contributed by atoms with Crippen LogP contribution in [0.2, 0.25) is 0 Å². The predicted molar refractivity (Wildman–Crippen MR) is 173 cm³/mol. The molecule has 0 fully saturated rings. The van der Waals surface area contributed by atoms with E-state index >= 15 is 0 Å². The Kier molecular flexibility index (Phi) is 12.7. The number of carbonyl (C=O) groups excluding carboxylic acids is 4. The van der Waals surface area contributed by atoms with E-state index in [9.17, 15) is 19.2 Å². The van der Waals surface area contributed by atoms with Crippen LogP contribution in [-0.4, -0.2) is 41.6 Å². The molecule has 45 heavy (non-hydrogen) atoms. The van der Waals surface area contributed by atoms with E-state index in [1.807, 2.05) is 75.4 Å². The number of nitrogens with one attached hydrogen (secondary N) is 3. The van der Waals surface area contributed by atoms with E-state index in [0.717, 1.165) is 16.7 Å². The Morgan fingerprint density at radius 1 is 0.733 bits per heavy atom. The van der Waals surface area contributed by atoms with E-state index in [1.165, 1.54) is 0 Å². The summed E-state index contributed by atoms with van der Waals surface area (Å²) < 4.78 is 11.0. The fourth-order valence-corrected chi connectivity index (χ4v) is 4.68. The van der Waals surface area contributed by atoms with E-state index in [0.29, 0.717) is 12.0 Å². The first kappa shape index (κ1) is 34.8. The lowest BCUT2D eigenvalue weighted by atomic mass is 9.99. The van der Waals surface area contributed by atoms with Gasteiger partial charge in [0.1, 0.15) is 30.3 Å². The van der Waals surface area contributed by atoms with Crippen LogP contribution in [0.3, 0.4) is 0 Å². The van der Waals surface area contributed by atoms with Gasteiger partial charge in [-0.05, 0) is 62.3 Å². The van der Waals surface area contributed by atoms with Crippen LogP contribution in [0.5, 0.6) is 0 Å².